The second-order valence-corrected chi connectivity index (χ2v) is 6.89. The molecular formula is C22H21FN4O2. The number of aromatic nitrogens is 2. The molecule has 6 nitrogen and oxygen atoms in total. The summed E-state index contributed by atoms with van der Waals surface area (Å²) in [5, 5.41) is 0. The molecule has 0 atom stereocenters. The number of pyridine rings is 2. The van der Waals surface area contributed by atoms with Gasteiger partial charge in [0.05, 0.1) is 18.8 Å². The number of carbonyl (C=O) groups is 1. The minimum absolute atomic E-state index is 0.0558. The van der Waals surface area contributed by atoms with E-state index in [0.29, 0.717) is 32.1 Å². The van der Waals surface area contributed by atoms with Crippen LogP contribution in [-0.4, -0.2) is 47.1 Å². The number of halogens is 1. The lowest BCUT2D eigenvalue weighted by molar-refractivity contribution is 0.0300. The highest BCUT2D eigenvalue weighted by Gasteiger charge is 2.22. The molecule has 3 heterocycles. The largest absolute Gasteiger partial charge is 0.384 e. The molecular weight excluding hydrogens is 371 g/mol. The van der Waals surface area contributed by atoms with Gasteiger partial charge >= 0.3 is 0 Å². The molecule has 1 fully saturated rings. The van der Waals surface area contributed by atoms with Crippen molar-refractivity contribution in [2.45, 2.75) is 6.92 Å². The zero-order valence-electron chi connectivity index (χ0n) is 16.1. The van der Waals surface area contributed by atoms with Crippen molar-refractivity contribution in [3.05, 3.63) is 65.9 Å². The Bertz CT molecular complexity index is 1050. The van der Waals surface area contributed by atoms with Crippen LogP contribution in [0.5, 0.6) is 0 Å². The van der Waals surface area contributed by atoms with Crippen molar-refractivity contribution in [1.29, 1.82) is 0 Å². The molecule has 2 N–H and O–H groups in total. The molecule has 1 aromatic carbocycles. The van der Waals surface area contributed by atoms with Gasteiger partial charge in [-0.15, -0.1) is 0 Å². The minimum atomic E-state index is -0.535. The predicted octanol–water partition coefficient (Wildman–Crippen LogP) is 3.31. The van der Waals surface area contributed by atoms with Crippen LogP contribution in [0.1, 0.15) is 16.1 Å². The van der Waals surface area contributed by atoms with Gasteiger partial charge in [0.25, 0.3) is 5.91 Å². The minimum Gasteiger partial charge on any atom is -0.384 e. The Morgan fingerprint density at radius 1 is 1.10 bits per heavy atom. The Hall–Kier alpha value is -3.32. The lowest BCUT2D eigenvalue weighted by Crippen LogP contribution is -2.41. The number of hydrogen-bond donors (Lipinski definition) is 1. The number of nitrogen functional groups attached to an aromatic ring is 1. The third-order valence-electron chi connectivity index (χ3n) is 5.02. The normalized spacial score (nSPS) is 14.1. The molecule has 1 aliphatic heterocycles. The Morgan fingerprint density at radius 2 is 1.86 bits per heavy atom. The van der Waals surface area contributed by atoms with Gasteiger partial charge in [-0.1, -0.05) is 6.07 Å². The molecule has 29 heavy (non-hydrogen) atoms. The molecule has 0 bridgehead atoms. The summed E-state index contributed by atoms with van der Waals surface area (Å²) in [5.41, 5.74) is 9.88. The number of rotatable bonds is 3. The number of anilines is 1. The fourth-order valence-corrected chi connectivity index (χ4v) is 3.52. The van der Waals surface area contributed by atoms with Gasteiger partial charge in [0.1, 0.15) is 11.6 Å². The van der Waals surface area contributed by atoms with E-state index in [1.165, 1.54) is 6.07 Å². The number of benzene rings is 1. The van der Waals surface area contributed by atoms with Gasteiger partial charge in [0, 0.05) is 42.3 Å². The fourth-order valence-electron chi connectivity index (χ4n) is 3.52. The van der Waals surface area contributed by atoms with Crippen molar-refractivity contribution in [2.24, 2.45) is 0 Å². The standard InChI is InChI=1S/C22H21FN4O2/c1-14-21(16-3-5-20(24)26-13-16)17(6-7-25-14)15-2-4-19(23)18(12-15)22(28)27-8-10-29-11-9-27/h2-7,12-13H,8-11H2,1H3,(H2,24,26). The average Bonchev–Trinajstić information content (AvgIpc) is 2.75. The first kappa shape index (κ1) is 19.0. The Balaban J connectivity index is 1.79. The van der Waals surface area contributed by atoms with Gasteiger partial charge in [-0.05, 0) is 48.4 Å². The molecule has 0 radical (unpaired) electrons. The van der Waals surface area contributed by atoms with E-state index in [1.807, 2.05) is 19.1 Å². The highest BCUT2D eigenvalue weighted by atomic mass is 19.1. The van der Waals surface area contributed by atoms with Crippen LogP contribution in [-0.2, 0) is 4.74 Å². The van der Waals surface area contributed by atoms with E-state index in [0.717, 1.165) is 27.9 Å². The van der Waals surface area contributed by atoms with Crippen LogP contribution < -0.4 is 5.73 Å². The third kappa shape index (κ3) is 3.82. The number of aryl methyl sites for hydroxylation is 1. The summed E-state index contributed by atoms with van der Waals surface area (Å²) in [4.78, 5) is 23.0. The van der Waals surface area contributed by atoms with E-state index in [1.54, 1.807) is 35.5 Å². The highest BCUT2D eigenvalue weighted by Crippen LogP contribution is 2.34. The summed E-state index contributed by atoms with van der Waals surface area (Å²) in [6, 6.07) is 10.1. The smallest absolute Gasteiger partial charge is 0.257 e. The average molecular weight is 392 g/mol. The van der Waals surface area contributed by atoms with Gasteiger partial charge < -0.3 is 15.4 Å². The van der Waals surface area contributed by atoms with Crippen LogP contribution in [0.25, 0.3) is 22.3 Å². The van der Waals surface area contributed by atoms with E-state index < -0.39 is 5.82 Å². The summed E-state index contributed by atoms with van der Waals surface area (Å²) in [5.74, 6) is -0.433. The third-order valence-corrected chi connectivity index (χ3v) is 5.02. The van der Waals surface area contributed by atoms with E-state index in [9.17, 15) is 9.18 Å². The molecule has 4 rings (SSSR count). The van der Waals surface area contributed by atoms with Crippen molar-refractivity contribution >= 4 is 11.7 Å². The number of carbonyl (C=O) groups excluding carboxylic acids is 1. The topological polar surface area (TPSA) is 81.3 Å². The Morgan fingerprint density at radius 3 is 2.59 bits per heavy atom. The van der Waals surface area contributed by atoms with Gasteiger partial charge in [-0.3, -0.25) is 9.78 Å². The zero-order valence-corrected chi connectivity index (χ0v) is 16.1. The SMILES string of the molecule is Cc1nccc(-c2ccc(F)c(C(=O)N3CCOCC3)c2)c1-c1ccc(N)nc1. The second kappa shape index (κ2) is 7.97. The van der Waals surface area contributed by atoms with Crippen LogP contribution in [0, 0.1) is 12.7 Å². The highest BCUT2D eigenvalue weighted by molar-refractivity contribution is 5.96. The number of nitrogens with two attached hydrogens (primary N) is 1. The molecule has 7 heteroatoms. The summed E-state index contributed by atoms with van der Waals surface area (Å²) >= 11 is 0. The first-order chi connectivity index (χ1) is 14.0. The van der Waals surface area contributed by atoms with Crippen LogP contribution >= 0.6 is 0 Å². The van der Waals surface area contributed by atoms with Crippen molar-refractivity contribution in [3.8, 4) is 22.3 Å². The predicted molar refractivity (Wildman–Crippen MR) is 109 cm³/mol. The van der Waals surface area contributed by atoms with Crippen molar-refractivity contribution in [1.82, 2.24) is 14.9 Å². The summed E-state index contributed by atoms with van der Waals surface area (Å²) < 4.78 is 19.8. The lowest BCUT2D eigenvalue weighted by atomic mass is 9.93. The fraction of sp³-hybridized carbons (Fsp3) is 0.227. The molecule has 0 aliphatic carbocycles. The molecule has 0 unspecified atom stereocenters. The molecule has 1 saturated heterocycles. The molecule has 1 aliphatic rings. The molecule has 0 spiro atoms. The quantitative estimate of drug-likeness (QED) is 0.740. The van der Waals surface area contributed by atoms with Crippen molar-refractivity contribution < 1.29 is 13.9 Å². The van der Waals surface area contributed by atoms with Crippen LogP contribution in [0.4, 0.5) is 10.2 Å². The molecule has 3 aromatic rings. The molecule has 2 aromatic heterocycles. The van der Waals surface area contributed by atoms with Crippen LogP contribution in [0.3, 0.4) is 0 Å². The van der Waals surface area contributed by atoms with E-state index in [2.05, 4.69) is 9.97 Å². The van der Waals surface area contributed by atoms with Gasteiger partial charge in [-0.25, -0.2) is 9.37 Å². The van der Waals surface area contributed by atoms with Crippen LogP contribution in [0.15, 0.2) is 48.8 Å². The summed E-state index contributed by atoms with van der Waals surface area (Å²) in [7, 11) is 0. The first-order valence-corrected chi connectivity index (χ1v) is 9.39. The Labute approximate surface area is 168 Å². The molecule has 0 saturated carbocycles. The van der Waals surface area contributed by atoms with Crippen molar-refractivity contribution in [2.75, 3.05) is 32.0 Å². The maximum absolute atomic E-state index is 14.5. The first-order valence-electron chi connectivity index (χ1n) is 9.39. The van der Waals surface area contributed by atoms with Gasteiger partial charge in [0.2, 0.25) is 0 Å². The maximum Gasteiger partial charge on any atom is 0.257 e. The van der Waals surface area contributed by atoms with Gasteiger partial charge in [0.15, 0.2) is 0 Å². The monoisotopic (exact) mass is 392 g/mol. The molecule has 1 amide bonds. The number of nitrogens with zero attached hydrogens (tertiary/aromatic N) is 3. The zero-order chi connectivity index (χ0) is 20.4. The van der Waals surface area contributed by atoms with E-state index >= 15 is 0 Å². The molecule has 148 valence electrons. The van der Waals surface area contributed by atoms with E-state index in [4.69, 9.17) is 10.5 Å². The Kier molecular flexibility index (Phi) is 5.22. The summed E-state index contributed by atoms with van der Waals surface area (Å²) in [6.45, 7) is 3.74. The summed E-state index contributed by atoms with van der Waals surface area (Å²) in [6.07, 6.45) is 3.39. The number of morpholine rings is 1. The van der Waals surface area contributed by atoms with E-state index in [-0.39, 0.29) is 11.5 Å². The maximum atomic E-state index is 14.5. The number of hydrogen-bond acceptors (Lipinski definition) is 5. The van der Waals surface area contributed by atoms with Gasteiger partial charge in [-0.2, -0.15) is 0 Å². The number of amides is 1. The van der Waals surface area contributed by atoms with Crippen LogP contribution in [0.2, 0.25) is 0 Å². The second-order valence-electron chi connectivity index (χ2n) is 6.89. The van der Waals surface area contributed by atoms with Crippen molar-refractivity contribution in [3.63, 3.8) is 0 Å². The number of ether oxygens (including phenoxy) is 1. The lowest BCUT2D eigenvalue weighted by Gasteiger charge is -2.27.